The monoisotopic (exact) mass is 389 g/mol. The number of nitrogens with one attached hydrogen (secondary N) is 1. The Morgan fingerprint density at radius 2 is 2.07 bits per heavy atom. The molecule has 0 aliphatic heterocycles. The van der Waals surface area contributed by atoms with Crippen LogP contribution in [0, 0.1) is 12.8 Å². The van der Waals surface area contributed by atoms with Crippen molar-refractivity contribution in [3.05, 3.63) is 41.3 Å². The van der Waals surface area contributed by atoms with Crippen LogP contribution in [0.25, 0.3) is 16.7 Å². The predicted molar refractivity (Wildman–Crippen MR) is 107 cm³/mol. The number of hydrogen-bond acceptors (Lipinski definition) is 6. The van der Waals surface area contributed by atoms with Crippen LogP contribution < -0.4 is 5.32 Å². The lowest BCUT2D eigenvalue weighted by Crippen LogP contribution is -2.26. The standard InChI is InChI=1S/C19H24ClN5O2/c1-12(2)10-27-11-16(26)8-21-18-17-9-22-25(19(17)24-13(3)23-18)15-6-4-5-14(20)7-15/h4-7,9,12,16,26H,8,10-11H2,1-3H3,(H,21,23,24). The average Bonchev–Trinajstić information content (AvgIpc) is 3.03. The number of aliphatic hydroxyl groups excluding tert-OH is 1. The summed E-state index contributed by atoms with van der Waals surface area (Å²) in [6.45, 7) is 7.19. The maximum absolute atomic E-state index is 10.1. The summed E-state index contributed by atoms with van der Waals surface area (Å²) in [5.41, 5.74) is 1.50. The van der Waals surface area contributed by atoms with E-state index >= 15 is 0 Å². The van der Waals surface area contributed by atoms with Gasteiger partial charge in [-0.2, -0.15) is 5.10 Å². The molecule has 7 nitrogen and oxygen atoms in total. The lowest BCUT2D eigenvalue weighted by atomic mass is 10.2. The van der Waals surface area contributed by atoms with E-state index in [2.05, 4.69) is 34.2 Å². The van der Waals surface area contributed by atoms with Gasteiger partial charge in [0.1, 0.15) is 11.6 Å². The Balaban J connectivity index is 1.79. The van der Waals surface area contributed by atoms with Crippen LogP contribution in [0.4, 0.5) is 5.82 Å². The minimum absolute atomic E-state index is 0.278. The minimum atomic E-state index is -0.628. The van der Waals surface area contributed by atoms with E-state index in [0.29, 0.717) is 41.4 Å². The first-order valence-corrected chi connectivity index (χ1v) is 9.30. The normalized spacial score (nSPS) is 12.7. The second kappa shape index (κ2) is 8.65. The molecule has 0 radical (unpaired) electrons. The maximum atomic E-state index is 10.1. The lowest BCUT2D eigenvalue weighted by molar-refractivity contribution is 0.0317. The third kappa shape index (κ3) is 4.94. The number of nitrogens with zero attached hydrogens (tertiary/aromatic N) is 4. The van der Waals surface area contributed by atoms with Crippen LogP contribution in [0.3, 0.4) is 0 Å². The lowest BCUT2D eigenvalue weighted by Gasteiger charge is -2.14. The van der Waals surface area contributed by atoms with Crippen molar-refractivity contribution < 1.29 is 9.84 Å². The quantitative estimate of drug-likeness (QED) is 0.615. The molecule has 1 aromatic carbocycles. The molecule has 8 heteroatoms. The number of benzene rings is 1. The second-order valence-corrected chi connectivity index (χ2v) is 7.30. The molecule has 3 aromatic rings. The van der Waals surface area contributed by atoms with E-state index in [-0.39, 0.29) is 6.61 Å². The fourth-order valence-corrected chi connectivity index (χ4v) is 2.85. The molecule has 0 saturated carbocycles. The van der Waals surface area contributed by atoms with Crippen LogP contribution >= 0.6 is 11.6 Å². The number of aryl methyl sites for hydroxylation is 1. The van der Waals surface area contributed by atoms with E-state index in [1.54, 1.807) is 10.9 Å². The highest BCUT2D eigenvalue weighted by Gasteiger charge is 2.14. The molecule has 3 rings (SSSR count). The number of aromatic nitrogens is 4. The Kier molecular flexibility index (Phi) is 6.26. The highest BCUT2D eigenvalue weighted by molar-refractivity contribution is 6.30. The molecule has 2 heterocycles. The molecule has 2 N–H and O–H groups in total. The molecular formula is C19H24ClN5O2. The molecule has 0 bridgehead atoms. The number of halogens is 1. The largest absolute Gasteiger partial charge is 0.389 e. The molecule has 0 aliphatic rings. The van der Waals surface area contributed by atoms with Crippen molar-refractivity contribution in [2.45, 2.75) is 26.9 Å². The van der Waals surface area contributed by atoms with Crippen LogP contribution in [0.5, 0.6) is 0 Å². The molecule has 2 aromatic heterocycles. The van der Waals surface area contributed by atoms with Gasteiger partial charge in [-0.1, -0.05) is 31.5 Å². The van der Waals surface area contributed by atoms with Gasteiger partial charge in [0, 0.05) is 18.2 Å². The third-order valence-corrected chi connectivity index (χ3v) is 4.09. The van der Waals surface area contributed by atoms with E-state index in [0.717, 1.165) is 11.1 Å². The van der Waals surface area contributed by atoms with E-state index < -0.39 is 6.10 Å². The van der Waals surface area contributed by atoms with Gasteiger partial charge in [0.05, 0.1) is 30.0 Å². The fraction of sp³-hybridized carbons (Fsp3) is 0.421. The first-order valence-electron chi connectivity index (χ1n) is 8.92. The van der Waals surface area contributed by atoms with Gasteiger partial charge in [0.15, 0.2) is 5.65 Å². The van der Waals surface area contributed by atoms with Crippen molar-refractivity contribution in [3.63, 3.8) is 0 Å². The Hall–Kier alpha value is -2.22. The van der Waals surface area contributed by atoms with Crippen molar-refractivity contribution in [2.75, 3.05) is 25.1 Å². The summed E-state index contributed by atoms with van der Waals surface area (Å²) in [4.78, 5) is 8.97. The van der Waals surface area contributed by atoms with E-state index in [4.69, 9.17) is 16.3 Å². The van der Waals surface area contributed by atoms with Gasteiger partial charge in [0.2, 0.25) is 0 Å². The third-order valence-electron chi connectivity index (χ3n) is 3.86. The van der Waals surface area contributed by atoms with Crippen LogP contribution in [0.15, 0.2) is 30.5 Å². The topological polar surface area (TPSA) is 85.1 Å². The van der Waals surface area contributed by atoms with Crippen molar-refractivity contribution in [3.8, 4) is 5.69 Å². The van der Waals surface area contributed by atoms with Gasteiger partial charge in [-0.15, -0.1) is 0 Å². The first kappa shape index (κ1) is 19.5. The Morgan fingerprint density at radius 1 is 1.26 bits per heavy atom. The molecule has 1 unspecified atom stereocenters. The summed E-state index contributed by atoms with van der Waals surface area (Å²) >= 11 is 6.10. The summed E-state index contributed by atoms with van der Waals surface area (Å²) in [5, 5.41) is 19.1. The van der Waals surface area contributed by atoms with Gasteiger partial charge >= 0.3 is 0 Å². The van der Waals surface area contributed by atoms with Gasteiger partial charge < -0.3 is 15.2 Å². The summed E-state index contributed by atoms with van der Waals surface area (Å²) in [7, 11) is 0. The van der Waals surface area contributed by atoms with E-state index in [1.165, 1.54) is 0 Å². The maximum Gasteiger partial charge on any atom is 0.168 e. The van der Waals surface area contributed by atoms with Crippen LogP contribution in [-0.2, 0) is 4.74 Å². The minimum Gasteiger partial charge on any atom is -0.389 e. The number of fused-ring (bicyclic) bond motifs is 1. The molecule has 0 saturated heterocycles. The molecule has 1 atom stereocenters. The number of rotatable bonds is 8. The van der Waals surface area contributed by atoms with Crippen molar-refractivity contribution >= 4 is 28.5 Å². The number of ether oxygens (including phenoxy) is 1. The van der Waals surface area contributed by atoms with Crippen molar-refractivity contribution in [2.24, 2.45) is 5.92 Å². The zero-order chi connectivity index (χ0) is 19.4. The highest BCUT2D eigenvalue weighted by Crippen LogP contribution is 2.24. The number of hydrogen-bond donors (Lipinski definition) is 2. The Morgan fingerprint density at radius 3 is 2.81 bits per heavy atom. The van der Waals surface area contributed by atoms with Crippen molar-refractivity contribution in [1.82, 2.24) is 19.7 Å². The molecule has 144 valence electrons. The SMILES string of the molecule is Cc1nc(NCC(O)COCC(C)C)c2cnn(-c3cccc(Cl)c3)c2n1. The molecule has 0 aliphatic carbocycles. The Labute approximate surface area is 163 Å². The fourth-order valence-electron chi connectivity index (χ4n) is 2.66. The summed E-state index contributed by atoms with van der Waals surface area (Å²) < 4.78 is 7.20. The molecule has 0 fully saturated rings. The van der Waals surface area contributed by atoms with Crippen LogP contribution in [0.1, 0.15) is 19.7 Å². The molecule has 27 heavy (non-hydrogen) atoms. The highest BCUT2D eigenvalue weighted by atomic mass is 35.5. The first-order chi connectivity index (χ1) is 12.9. The van der Waals surface area contributed by atoms with Gasteiger partial charge in [0.25, 0.3) is 0 Å². The van der Waals surface area contributed by atoms with Gasteiger partial charge in [-0.25, -0.2) is 14.6 Å². The molecule has 0 amide bonds. The summed E-state index contributed by atoms with van der Waals surface area (Å²) in [5.74, 6) is 1.68. The summed E-state index contributed by atoms with van der Waals surface area (Å²) in [6.07, 6.45) is 1.08. The zero-order valence-corrected chi connectivity index (χ0v) is 16.4. The van der Waals surface area contributed by atoms with Gasteiger partial charge in [-0.3, -0.25) is 0 Å². The average molecular weight is 390 g/mol. The smallest absolute Gasteiger partial charge is 0.168 e. The predicted octanol–water partition coefficient (Wildman–Crippen LogP) is 3.22. The van der Waals surface area contributed by atoms with Crippen LogP contribution in [-0.4, -0.2) is 50.7 Å². The van der Waals surface area contributed by atoms with Crippen LogP contribution in [0.2, 0.25) is 5.02 Å². The molecular weight excluding hydrogens is 366 g/mol. The second-order valence-electron chi connectivity index (χ2n) is 6.86. The number of aliphatic hydroxyl groups is 1. The number of anilines is 1. The van der Waals surface area contributed by atoms with E-state index in [1.807, 2.05) is 31.2 Å². The van der Waals surface area contributed by atoms with Gasteiger partial charge in [-0.05, 0) is 31.0 Å². The summed E-state index contributed by atoms with van der Waals surface area (Å²) in [6, 6.07) is 7.42. The Bertz CT molecular complexity index is 912. The zero-order valence-electron chi connectivity index (χ0n) is 15.7. The molecule has 0 spiro atoms. The van der Waals surface area contributed by atoms with Crippen molar-refractivity contribution in [1.29, 1.82) is 0 Å². The van der Waals surface area contributed by atoms with E-state index in [9.17, 15) is 5.11 Å².